The standard InChI is InChI=1S/C8H15NO3/c1-3-4-5-11-8(10)6-7(2)12-9/h7H,3-6H2,1-2H3. The first-order valence-electron chi connectivity index (χ1n) is 4.16. The smallest absolute Gasteiger partial charge is 0.308 e. The summed E-state index contributed by atoms with van der Waals surface area (Å²) in [5.74, 6) is 7.82. The zero-order chi connectivity index (χ0) is 9.40. The van der Waals surface area contributed by atoms with Gasteiger partial charge >= 0.3 is 5.97 Å². The van der Waals surface area contributed by atoms with E-state index in [4.69, 9.17) is 10.6 Å². The first-order chi connectivity index (χ1) is 5.70. The number of nitrogens with zero attached hydrogens (tertiary/aromatic N) is 1. The molecule has 0 fully saturated rings. The first kappa shape index (κ1) is 11.4. The lowest BCUT2D eigenvalue weighted by Gasteiger charge is -2.06. The molecule has 0 heterocycles. The van der Waals surface area contributed by atoms with E-state index in [2.05, 4.69) is 4.84 Å². The SMILES string of the molecule is CCCCOC(=O)CC(C)O[N]. The maximum absolute atomic E-state index is 10.9. The van der Waals surface area contributed by atoms with E-state index in [-0.39, 0.29) is 12.4 Å². The lowest BCUT2D eigenvalue weighted by atomic mass is 10.3. The molecule has 12 heavy (non-hydrogen) atoms. The van der Waals surface area contributed by atoms with Gasteiger partial charge < -0.3 is 4.74 Å². The van der Waals surface area contributed by atoms with E-state index in [1.807, 2.05) is 6.92 Å². The van der Waals surface area contributed by atoms with Crippen molar-refractivity contribution >= 4 is 5.97 Å². The zero-order valence-corrected chi connectivity index (χ0v) is 7.58. The molecule has 2 radical (unpaired) electrons. The Morgan fingerprint density at radius 3 is 2.75 bits per heavy atom. The van der Waals surface area contributed by atoms with Crippen molar-refractivity contribution in [2.75, 3.05) is 6.61 Å². The average molecular weight is 173 g/mol. The van der Waals surface area contributed by atoms with E-state index < -0.39 is 6.10 Å². The van der Waals surface area contributed by atoms with E-state index in [9.17, 15) is 4.79 Å². The van der Waals surface area contributed by atoms with Gasteiger partial charge in [0.2, 0.25) is 0 Å². The molecule has 4 nitrogen and oxygen atoms in total. The van der Waals surface area contributed by atoms with E-state index in [1.165, 1.54) is 0 Å². The van der Waals surface area contributed by atoms with Gasteiger partial charge in [-0.2, -0.15) is 0 Å². The molecule has 0 saturated heterocycles. The molecule has 70 valence electrons. The van der Waals surface area contributed by atoms with E-state index in [1.54, 1.807) is 6.92 Å². The molecule has 1 unspecified atom stereocenters. The molecule has 0 aromatic carbocycles. The molecular weight excluding hydrogens is 158 g/mol. The fourth-order valence-corrected chi connectivity index (χ4v) is 0.661. The fourth-order valence-electron chi connectivity index (χ4n) is 0.661. The quantitative estimate of drug-likeness (QED) is 0.343. The predicted molar refractivity (Wildman–Crippen MR) is 43.2 cm³/mol. The van der Waals surface area contributed by atoms with Crippen molar-refractivity contribution in [3.63, 3.8) is 0 Å². The maximum Gasteiger partial charge on any atom is 0.308 e. The predicted octanol–water partition coefficient (Wildman–Crippen LogP) is 1.11. The van der Waals surface area contributed by atoms with Gasteiger partial charge in [-0.3, -0.25) is 9.63 Å². The van der Waals surface area contributed by atoms with Crippen molar-refractivity contribution < 1.29 is 14.4 Å². The molecule has 4 heteroatoms. The van der Waals surface area contributed by atoms with Crippen LogP contribution in [0.4, 0.5) is 0 Å². The third-order valence-electron chi connectivity index (χ3n) is 1.40. The normalized spacial score (nSPS) is 12.6. The first-order valence-corrected chi connectivity index (χ1v) is 4.16. The number of carbonyl (C=O) groups is 1. The monoisotopic (exact) mass is 173 g/mol. The van der Waals surface area contributed by atoms with Crippen LogP contribution in [0.5, 0.6) is 0 Å². The largest absolute Gasteiger partial charge is 0.466 e. The highest BCUT2D eigenvalue weighted by molar-refractivity contribution is 5.69. The third kappa shape index (κ3) is 6.12. The Morgan fingerprint density at radius 1 is 1.58 bits per heavy atom. The van der Waals surface area contributed by atoms with Crippen LogP contribution in [0.3, 0.4) is 0 Å². The fraction of sp³-hybridized carbons (Fsp3) is 0.875. The molecule has 0 saturated carbocycles. The molecule has 0 aromatic heterocycles. The van der Waals surface area contributed by atoms with Gasteiger partial charge in [0.05, 0.1) is 19.1 Å². The Labute approximate surface area is 73.0 Å². The topological polar surface area (TPSA) is 57.8 Å². The van der Waals surface area contributed by atoms with Crippen molar-refractivity contribution in [3.05, 3.63) is 0 Å². The summed E-state index contributed by atoms with van der Waals surface area (Å²) in [6, 6.07) is 0. The Kier molecular flexibility index (Phi) is 6.70. The minimum atomic E-state index is -0.487. The van der Waals surface area contributed by atoms with Gasteiger partial charge in [-0.05, 0) is 13.3 Å². The molecule has 1 atom stereocenters. The molecule has 0 rings (SSSR count). The number of ether oxygens (including phenoxy) is 1. The lowest BCUT2D eigenvalue weighted by molar-refractivity contribution is -0.147. The molecule has 0 bridgehead atoms. The van der Waals surface area contributed by atoms with E-state index in [0.29, 0.717) is 6.61 Å². The van der Waals surface area contributed by atoms with Crippen molar-refractivity contribution in [2.24, 2.45) is 0 Å². The van der Waals surface area contributed by atoms with Crippen LogP contribution >= 0.6 is 0 Å². The maximum atomic E-state index is 10.9. The lowest BCUT2D eigenvalue weighted by Crippen LogP contribution is -2.15. The summed E-state index contributed by atoms with van der Waals surface area (Å²) in [6.45, 7) is 4.07. The van der Waals surface area contributed by atoms with E-state index in [0.717, 1.165) is 12.8 Å². The summed E-state index contributed by atoms with van der Waals surface area (Å²) < 4.78 is 4.82. The molecule has 0 aliphatic heterocycles. The zero-order valence-electron chi connectivity index (χ0n) is 7.58. The number of unbranched alkanes of at least 4 members (excludes halogenated alkanes) is 1. The molecule has 0 spiro atoms. The Hall–Kier alpha value is -0.610. The molecule has 0 aliphatic rings. The van der Waals surface area contributed by atoms with Crippen molar-refractivity contribution in [3.8, 4) is 0 Å². The number of carbonyl (C=O) groups excluding carboxylic acids is 1. The van der Waals surface area contributed by atoms with Crippen molar-refractivity contribution in [1.29, 1.82) is 0 Å². The minimum absolute atomic E-state index is 0.0974. The highest BCUT2D eigenvalue weighted by Crippen LogP contribution is 1.98. The second kappa shape index (κ2) is 7.06. The summed E-state index contributed by atoms with van der Waals surface area (Å²) in [5.41, 5.74) is 0. The molecule has 0 amide bonds. The number of rotatable bonds is 6. The van der Waals surface area contributed by atoms with E-state index >= 15 is 0 Å². The van der Waals surface area contributed by atoms with Crippen LogP contribution in [0.2, 0.25) is 0 Å². The second-order valence-electron chi connectivity index (χ2n) is 2.69. The van der Waals surface area contributed by atoms with Crippen molar-refractivity contribution in [1.82, 2.24) is 5.90 Å². The molecule has 0 aliphatic carbocycles. The van der Waals surface area contributed by atoms with Crippen LogP contribution in [-0.2, 0) is 14.4 Å². The summed E-state index contributed by atoms with van der Waals surface area (Å²) in [5, 5.41) is 0. The van der Waals surface area contributed by atoms with Gasteiger partial charge in [0.15, 0.2) is 0 Å². The highest BCUT2D eigenvalue weighted by Gasteiger charge is 2.09. The van der Waals surface area contributed by atoms with Gasteiger partial charge in [0, 0.05) is 5.90 Å². The van der Waals surface area contributed by atoms with Crippen LogP contribution in [0, 0.1) is 0 Å². The summed E-state index contributed by atoms with van der Waals surface area (Å²) in [7, 11) is 0. The van der Waals surface area contributed by atoms with Crippen LogP contribution in [0.25, 0.3) is 0 Å². The Balaban J connectivity index is 3.33. The Bertz CT molecular complexity index is 127. The van der Waals surface area contributed by atoms with Gasteiger partial charge in [-0.15, -0.1) is 0 Å². The molecule has 0 N–H and O–H groups in total. The third-order valence-corrected chi connectivity index (χ3v) is 1.40. The van der Waals surface area contributed by atoms with Gasteiger partial charge in [-0.25, -0.2) is 0 Å². The van der Waals surface area contributed by atoms with Gasteiger partial charge in [0.25, 0.3) is 0 Å². The van der Waals surface area contributed by atoms with Crippen LogP contribution < -0.4 is 5.90 Å². The molecular formula is C8H15NO3. The second-order valence-corrected chi connectivity index (χ2v) is 2.69. The molecule has 0 aromatic rings. The average Bonchev–Trinajstić information content (AvgIpc) is 2.05. The number of hydrogen-bond acceptors (Lipinski definition) is 3. The van der Waals surface area contributed by atoms with Gasteiger partial charge in [-0.1, -0.05) is 13.3 Å². The summed E-state index contributed by atoms with van der Waals surface area (Å²) >= 11 is 0. The highest BCUT2D eigenvalue weighted by atomic mass is 16.6. The van der Waals surface area contributed by atoms with Crippen molar-refractivity contribution in [2.45, 2.75) is 39.2 Å². The van der Waals surface area contributed by atoms with Gasteiger partial charge in [0.1, 0.15) is 0 Å². The number of hydrogen-bond donors (Lipinski definition) is 0. The minimum Gasteiger partial charge on any atom is -0.466 e. The van der Waals surface area contributed by atoms with Crippen LogP contribution in [-0.4, -0.2) is 18.7 Å². The Morgan fingerprint density at radius 2 is 2.25 bits per heavy atom. The van der Waals surface area contributed by atoms with Crippen LogP contribution in [0.1, 0.15) is 33.1 Å². The summed E-state index contributed by atoms with van der Waals surface area (Å²) in [4.78, 5) is 14.8. The summed E-state index contributed by atoms with van der Waals surface area (Å²) in [6.07, 6.45) is 1.48. The number of esters is 1. The van der Waals surface area contributed by atoms with Crippen LogP contribution in [0.15, 0.2) is 0 Å².